The van der Waals surface area contributed by atoms with E-state index in [4.69, 9.17) is 17.3 Å². The van der Waals surface area contributed by atoms with Gasteiger partial charge in [0.2, 0.25) is 5.91 Å². The van der Waals surface area contributed by atoms with Crippen molar-refractivity contribution in [3.05, 3.63) is 52.7 Å². The highest BCUT2D eigenvalue weighted by Gasteiger charge is 2.15. The number of nitrogens with zero attached hydrogens (tertiary/aromatic N) is 2. The van der Waals surface area contributed by atoms with Gasteiger partial charge in [0, 0.05) is 25.0 Å². The molecule has 2 aromatic rings. The molecule has 7 heteroatoms. The summed E-state index contributed by atoms with van der Waals surface area (Å²) in [6.07, 6.45) is 3.90. The van der Waals surface area contributed by atoms with Crippen molar-refractivity contribution < 1.29 is 9.59 Å². The fourth-order valence-electron chi connectivity index (χ4n) is 2.65. The third-order valence-corrected chi connectivity index (χ3v) is 4.25. The Morgan fingerprint density at radius 3 is 2.50 bits per heavy atom. The predicted molar refractivity (Wildman–Crippen MR) is 93.6 cm³/mol. The monoisotopic (exact) mass is 344 g/mol. The summed E-state index contributed by atoms with van der Waals surface area (Å²) in [5.41, 5.74) is 6.35. The van der Waals surface area contributed by atoms with Crippen LogP contribution < -0.4 is 16.0 Å². The second-order valence-corrected chi connectivity index (χ2v) is 6.02. The van der Waals surface area contributed by atoms with E-state index in [1.54, 1.807) is 18.3 Å². The van der Waals surface area contributed by atoms with Crippen LogP contribution >= 0.6 is 11.6 Å². The molecule has 0 aliphatic carbocycles. The van der Waals surface area contributed by atoms with Crippen LogP contribution in [-0.2, 0) is 0 Å². The van der Waals surface area contributed by atoms with E-state index in [9.17, 15) is 9.59 Å². The summed E-state index contributed by atoms with van der Waals surface area (Å²) >= 11 is 5.98. The molecule has 0 radical (unpaired) electrons. The van der Waals surface area contributed by atoms with Gasteiger partial charge in [-0.1, -0.05) is 11.6 Å². The van der Waals surface area contributed by atoms with E-state index in [1.165, 1.54) is 25.0 Å². The number of aromatic nitrogens is 1. The Hall–Kier alpha value is -2.60. The third-order valence-electron chi connectivity index (χ3n) is 3.93. The lowest BCUT2D eigenvalue weighted by Gasteiger charge is -2.16. The van der Waals surface area contributed by atoms with E-state index >= 15 is 0 Å². The average Bonchev–Trinajstić information content (AvgIpc) is 3.09. The van der Waals surface area contributed by atoms with Crippen LogP contribution in [0.4, 0.5) is 11.5 Å². The van der Waals surface area contributed by atoms with Gasteiger partial charge < -0.3 is 16.0 Å². The Balaban J connectivity index is 1.70. The van der Waals surface area contributed by atoms with Gasteiger partial charge in [-0.3, -0.25) is 9.59 Å². The number of nitrogens with two attached hydrogens (primary N) is 1. The number of carbonyl (C=O) groups excluding carboxylic acids is 2. The van der Waals surface area contributed by atoms with Crippen molar-refractivity contribution >= 4 is 34.9 Å². The van der Waals surface area contributed by atoms with E-state index in [2.05, 4.69) is 15.2 Å². The first kappa shape index (κ1) is 16.3. The molecular weight excluding hydrogens is 328 g/mol. The molecule has 1 aromatic carbocycles. The highest BCUT2D eigenvalue weighted by molar-refractivity contribution is 6.34. The van der Waals surface area contributed by atoms with Gasteiger partial charge in [0.15, 0.2) is 0 Å². The fourth-order valence-corrected chi connectivity index (χ4v) is 2.92. The second-order valence-electron chi connectivity index (χ2n) is 5.61. The Morgan fingerprint density at radius 1 is 1.17 bits per heavy atom. The summed E-state index contributed by atoms with van der Waals surface area (Å²) in [5, 5.41) is 2.92. The Bertz CT molecular complexity index is 771. The smallest absolute Gasteiger partial charge is 0.257 e. The van der Waals surface area contributed by atoms with Crippen LogP contribution in [0.3, 0.4) is 0 Å². The summed E-state index contributed by atoms with van der Waals surface area (Å²) in [6.45, 7) is 2.01. The highest BCUT2D eigenvalue weighted by Crippen LogP contribution is 2.22. The number of hydrogen-bond acceptors (Lipinski definition) is 4. The van der Waals surface area contributed by atoms with Gasteiger partial charge in [-0.15, -0.1) is 0 Å². The summed E-state index contributed by atoms with van der Waals surface area (Å²) in [4.78, 5) is 30.0. The quantitative estimate of drug-likeness (QED) is 0.892. The summed E-state index contributed by atoms with van der Waals surface area (Å²) in [6, 6.07) is 8.15. The van der Waals surface area contributed by atoms with Gasteiger partial charge >= 0.3 is 0 Å². The van der Waals surface area contributed by atoms with Crippen molar-refractivity contribution in [3.8, 4) is 0 Å². The molecule has 0 bridgehead atoms. The van der Waals surface area contributed by atoms with Gasteiger partial charge in [-0.2, -0.15) is 0 Å². The molecule has 124 valence electrons. The van der Waals surface area contributed by atoms with E-state index in [0.29, 0.717) is 11.3 Å². The first-order chi connectivity index (χ1) is 11.5. The molecule has 3 N–H and O–H groups in total. The van der Waals surface area contributed by atoms with Crippen molar-refractivity contribution in [3.63, 3.8) is 0 Å². The number of pyridine rings is 1. The molecule has 0 saturated carbocycles. The van der Waals surface area contributed by atoms with Crippen molar-refractivity contribution in [2.45, 2.75) is 12.8 Å². The number of amides is 2. The topological polar surface area (TPSA) is 88.3 Å². The minimum Gasteiger partial charge on any atom is -0.366 e. The molecular formula is C17H17ClN4O2. The first-order valence-electron chi connectivity index (χ1n) is 7.66. The standard InChI is InChI=1S/C17H17ClN4O2/c18-14-9-12(4-5-13(14)16(19)23)21-17(24)11-3-6-15(20-10-11)22-7-1-2-8-22/h3-6,9-10H,1-2,7-8H2,(H2,19,23)(H,21,24). The van der Waals surface area contributed by atoms with Crippen LogP contribution in [-0.4, -0.2) is 29.9 Å². The lowest BCUT2D eigenvalue weighted by atomic mass is 10.2. The minimum atomic E-state index is -0.612. The van der Waals surface area contributed by atoms with Gasteiger partial charge in [0.05, 0.1) is 16.1 Å². The predicted octanol–water partition coefficient (Wildman–Crippen LogP) is 2.69. The Labute approximate surface area is 144 Å². The van der Waals surface area contributed by atoms with Crippen LogP contribution in [0.5, 0.6) is 0 Å². The lowest BCUT2D eigenvalue weighted by Crippen LogP contribution is -2.19. The molecule has 3 rings (SSSR count). The maximum atomic E-state index is 12.3. The van der Waals surface area contributed by atoms with Crippen LogP contribution in [0, 0.1) is 0 Å². The average molecular weight is 345 g/mol. The normalized spacial score (nSPS) is 13.8. The zero-order valence-corrected chi connectivity index (χ0v) is 13.7. The number of anilines is 2. The molecule has 0 unspecified atom stereocenters. The molecule has 1 aromatic heterocycles. The SMILES string of the molecule is NC(=O)c1ccc(NC(=O)c2ccc(N3CCCC3)nc2)cc1Cl. The van der Waals surface area contributed by atoms with Crippen LogP contribution in [0.25, 0.3) is 0 Å². The van der Waals surface area contributed by atoms with Gasteiger partial charge in [-0.05, 0) is 43.2 Å². The maximum Gasteiger partial charge on any atom is 0.257 e. The van der Waals surface area contributed by atoms with Crippen molar-refractivity contribution in [2.75, 3.05) is 23.3 Å². The molecule has 0 atom stereocenters. The molecule has 1 fully saturated rings. The number of primary amides is 1. The Morgan fingerprint density at radius 2 is 1.92 bits per heavy atom. The fraction of sp³-hybridized carbons (Fsp3) is 0.235. The van der Waals surface area contributed by atoms with Crippen LogP contribution in [0.15, 0.2) is 36.5 Å². The van der Waals surface area contributed by atoms with Crippen molar-refractivity contribution in [2.24, 2.45) is 5.73 Å². The van der Waals surface area contributed by atoms with E-state index < -0.39 is 5.91 Å². The van der Waals surface area contributed by atoms with Crippen LogP contribution in [0.2, 0.25) is 5.02 Å². The van der Waals surface area contributed by atoms with Crippen LogP contribution in [0.1, 0.15) is 33.6 Å². The van der Waals surface area contributed by atoms with E-state index in [0.717, 1.165) is 18.9 Å². The van der Waals surface area contributed by atoms with Gasteiger partial charge in [-0.25, -0.2) is 4.98 Å². The van der Waals surface area contributed by atoms with Gasteiger partial charge in [0.25, 0.3) is 5.91 Å². The first-order valence-corrected chi connectivity index (χ1v) is 8.04. The molecule has 1 aliphatic rings. The summed E-state index contributed by atoms with van der Waals surface area (Å²) < 4.78 is 0. The number of carbonyl (C=O) groups is 2. The highest BCUT2D eigenvalue weighted by atomic mass is 35.5. The number of hydrogen-bond donors (Lipinski definition) is 2. The van der Waals surface area contributed by atoms with Gasteiger partial charge in [0.1, 0.15) is 5.82 Å². The molecule has 2 heterocycles. The zero-order chi connectivity index (χ0) is 17.1. The molecule has 2 amide bonds. The van der Waals surface area contributed by atoms with E-state index in [1.807, 2.05) is 6.07 Å². The number of halogens is 1. The molecule has 1 aliphatic heterocycles. The summed E-state index contributed by atoms with van der Waals surface area (Å²) in [5.74, 6) is -0.0177. The minimum absolute atomic E-state index is 0.197. The molecule has 24 heavy (non-hydrogen) atoms. The second kappa shape index (κ2) is 6.88. The Kier molecular flexibility index (Phi) is 4.66. The third kappa shape index (κ3) is 3.49. The zero-order valence-electron chi connectivity index (χ0n) is 13.0. The molecule has 0 spiro atoms. The largest absolute Gasteiger partial charge is 0.366 e. The van der Waals surface area contributed by atoms with Crippen molar-refractivity contribution in [1.82, 2.24) is 4.98 Å². The van der Waals surface area contributed by atoms with Crippen molar-refractivity contribution in [1.29, 1.82) is 0 Å². The number of rotatable bonds is 4. The lowest BCUT2D eigenvalue weighted by molar-refractivity contribution is 0.0998. The molecule has 1 saturated heterocycles. The molecule has 6 nitrogen and oxygen atoms in total. The number of benzene rings is 1. The maximum absolute atomic E-state index is 12.3. The van der Waals surface area contributed by atoms with E-state index in [-0.39, 0.29) is 16.5 Å². The number of nitrogens with one attached hydrogen (secondary N) is 1. The summed E-state index contributed by atoms with van der Waals surface area (Å²) in [7, 11) is 0.